The maximum Gasteiger partial charge on any atom is 0.123 e. The Morgan fingerprint density at radius 3 is 2.94 bits per heavy atom. The van der Waals surface area contributed by atoms with Gasteiger partial charge in [-0.3, -0.25) is 0 Å². The molecule has 2 heterocycles. The van der Waals surface area contributed by atoms with Crippen LogP contribution >= 0.6 is 11.3 Å². The third kappa shape index (κ3) is 2.04. The normalized spacial score (nSPS) is 19.3. The highest BCUT2D eigenvalue weighted by molar-refractivity contribution is 7.08. The molecular weight excluding hydrogens is 242 g/mol. The van der Waals surface area contributed by atoms with Crippen LogP contribution in [0.1, 0.15) is 29.7 Å². The zero-order valence-corrected chi connectivity index (χ0v) is 11.5. The molecule has 0 bridgehead atoms. The number of hydrogen-bond acceptors (Lipinski definition) is 3. The minimum Gasteiger partial charge on any atom is -0.490 e. The summed E-state index contributed by atoms with van der Waals surface area (Å²) >= 11 is 1.74. The summed E-state index contributed by atoms with van der Waals surface area (Å²) in [5.41, 5.74) is 3.97. The first kappa shape index (κ1) is 11.8. The number of ether oxygens (including phenoxy) is 1. The van der Waals surface area contributed by atoms with Crippen LogP contribution in [0.3, 0.4) is 0 Å². The fourth-order valence-corrected chi connectivity index (χ4v) is 3.27. The molecule has 2 nitrogen and oxygen atoms in total. The number of nitrogens with one attached hydrogen (secondary N) is 1. The zero-order valence-electron chi connectivity index (χ0n) is 10.6. The van der Waals surface area contributed by atoms with E-state index in [0.717, 1.165) is 12.2 Å². The summed E-state index contributed by atoms with van der Waals surface area (Å²) in [5.74, 6) is 1.05. The van der Waals surface area contributed by atoms with Gasteiger partial charge in [-0.15, -0.1) is 0 Å². The zero-order chi connectivity index (χ0) is 12.5. The molecule has 0 aliphatic carbocycles. The van der Waals surface area contributed by atoms with Gasteiger partial charge in [0.2, 0.25) is 0 Å². The number of hydrogen-bond donors (Lipinski definition) is 1. The fourth-order valence-electron chi connectivity index (χ4n) is 2.59. The van der Waals surface area contributed by atoms with Gasteiger partial charge in [-0.1, -0.05) is 12.1 Å². The molecule has 2 unspecified atom stereocenters. The Kier molecular flexibility index (Phi) is 3.10. The van der Waals surface area contributed by atoms with E-state index in [4.69, 9.17) is 4.74 Å². The molecule has 0 radical (unpaired) electrons. The molecule has 1 aliphatic heterocycles. The summed E-state index contributed by atoms with van der Waals surface area (Å²) < 4.78 is 5.75. The molecule has 0 fully saturated rings. The molecule has 0 saturated heterocycles. The van der Waals surface area contributed by atoms with Crippen molar-refractivity contribution in [1.29, 1.82) is 0 Å². The molecule has 1 aromatic carbocycles. The first-order valence-electron chi connectivity index (χ1n) is 6.27. The van der Waals surface area contributed by atoms with Crippen molar-refractivity contribution < 1.29 is 4.74 Å². The third-order valence-corrected chi connectivity index (χ3v) is 4.12. The average molecular weight is 259 g/mol. The fraction of sp³-hybridized carbons (Fsp3) is 0.333. The minimum atomic E-state index is 0.275. The van der Waals surface area contributed by atoms with E-state index in [2.05, 4.69) is 47.3 Å². The van der Waals surface area contributed by atoms with Gasteiger partial charge in [-0.2, -0.15) is 11.3 Å². The Hall–Kier alpha value is -1.32. The molecule has 1 aromatic heterocycles. The Morgan fingerprint density at radius 2 is 2.22 bits per heavy atom. The summed E-state index contributed by atoms with van der Waals surface area (Å²) in [6.07, 6.45) is 1.33. The van der Waals surface area contributed by atoms with Crippen molar-refractivity contribution >= 4 is 11.3 Å². The first-order valence-corrected chi connectivity index (χ1v) is 7.21. The van der Waals surface area contributed by atoms with Crippen LogP contribution in [0.25, 0.3) is 0 Å². The van der Waals surface area contributed by atoms with Crippen LogP contribution in [-0.2, 0) is 6.42 Å². The maximum atomic E-state index is 5.75. The van der Waals surface area contributed by atoms with Crippen molar-refractivity contribution in [2.24, 2.45) is 0 Å². The van der Waals surface area contributed by atoms with Gasteiger partial charge >= 0.3 is 0 Å². The number of benzene rings is 1. The van der Waals surface area contributed by atoms with Crippen LogP contribution in [0.5, 0.6) is 5.75 Å². The topological polar surface area (TPSA) is 21.3 Å². The number of thiophene rings is 1. The van der Waals surface area contributed by atoms with Gasteiger partial charge in [-0.25, -0.2) is 0 Å². The lowest BCUT2D eigenvalue weighted by Crippen LogP contribution is -2.17. The third-order valence-electron chi connectivity index (χ3n) is 3.42. The molecule has 0 saturated carbocycles. The summed E-state index contributed by atoms with van der Waals surface area (Å²) in [7, 11) is 2.01. The predicted molar refractivity (Wildman–Crippen MR) is 75.5 cm³/mol. The summed E-state index contributed by atoms with van der Waals surface area (Å²) in [4.78, 5) is 0. The lowest BCUT2D eigenvalue weighted by molar-refractivity contribution is 0.254. The van der Waals surface area contributed by atoms with Crippen LogP contribution in [0.15, 0.2) is 35.0 Å². The molecule has 0 amide bonds. The molecule has 3 rings (SSSR count). The Morgan fingerprint density at radius 1 is 1.33 bits per heavy atom. The van der Waals surface area contributed by atoms with Crippen molar-refractivity contribution in [3.8, 4) is 5.75 Å². The van der Waals surface area contributed by atoms with Gasteiger partial charge < -0.3 is 10.1 Å². The summed E-state index contributed by atoms with van der Waals surface area (Å²) in [6.45, 7) is 2.12. The Balaban J connectivity index is 1.95. The van der Waals surface area contributed by atoms with Crippen LogP contribution in [0.4, 0.5) is 0 Å². The first-order chi connectivity index (χ1) is 8.78. The van der Waals surface area contributed by atoms with Gasteiger partial charge in [0, 0.05) is 6.42 Å². The standard InChI is InChI=1S/C15H17NOS/c1-10-7-13-8-11(3-4-14(13)17-10)15(16-2)12-5-6-18-9-12/h3-6,8-10,15-16H,7H2,1-2H3. The summed E-state index contributed by atoms with van der Waals surface area (Å²) in [5, 5.41) is 7.71. The van der Waals surface area contributed by atoms with Gasteiger partial charge in [0.25, 0.3) is 0 Å². The van der Waals surface area contributed by atoms with Crippen LogP contribution in [0.2, 0.25) is 0 Å². The van der Waals surface area contributed by atoms with E-state index in [1.54, 1.807) is 11.3 Å². The van der Waals surface area contributed by atoms with Gasteiger partial charge in [0.15, 0.2) is 0 Å². The van der Waals surface area contributed by atoms with Crippen LogP contribution in [-0.4, -0.2) is 13.2 Å². The van der Waals surface area contributed by atoms with Crippen LogP contribution in [0, 0.1) is 0 Å². The second kappa shape index (κ2) is 4.75. The minimum absolute atomic E-state index is 0.275. The van der Waals surface area contributed by atoms with Crippen molar-refractivity contribution in [1.82, 2.24) is 5.32 Å². The maximum absolute atomic E-state index is 5.75. The second-order valence-electron chi connectivity index (χ2n) is 4.78. The van der Waals surface area contributed by atoms with E-state index in [1.807, 2.05) is 7.05 Å². The van der Waals surface area contributed by atoms with E-state index in [9.17, 15) is 0 Å². The number of rotatable bonds is 3. The van der Waals surface area contributed by atoms with Gasteiger partial charge in [-0.05, 0) is 53.6 Å². The highest BCUT2D eigenvalue weighted by atomic mass is 32.1. The highest BCUT2D eigenvalue weighted by Crippen LogP contribution is 2.33. The van der Waals surface area contributed by atoms with Crippen molar-refractivity contribution in [2.75, 3.05) is 7.05 Å². The lowest BCUT2D eigenvalue weighted by atomic mass is 9.98. The van der Waals surface area contributed by atoms with E-state index in [-0.39, 0.29) is 6.04 Å². The quantitative estimate of drug-likeness (QED) is 0.912. The number of fused-ring (bicyclic) bond motifs is 1. The second-order valence-corrected chi connectivity index (χ2v) is 5.56. The van der Waals surface area contributed by atoms with Crippen LogP contribution < -0.4 is 10.1 Å². The largest absolute Gasteiger partial charge is 0.490 e. The summed E-state index contributed by atoms with van der Waals surface area (Å²) in [6, 6.07) is 8.99. The van der Waals surface area contributed by atoms with E-state index < -0.39 is 0 Å². The molecular formula is C15H17NOS. The molecule has 3 heteroatoms. The molecule has 18 heavy (non-hydrogen) atoms. The Bertz CT molecular complexity index is 535. The van der Waals surface area contributed by atoms with E-state index in [0.29, 0.717) is 6.10 Å². The smallest absolute Gasteiger partial charge is 0.123 e. The molecule has 94 valence electrons. The van der Waals surface area contributed by atoms with Gasteiger partial charge in [0.05, 0.1) is 6.04 Å². The molecule has 2 aromatic rings. The van der Waals surface area contributed by atoms with Crippen molar-refractivity contribution in [3.63, 3.8) is 0 Å². The molecule has 2 atom stereocenters. The van der Waals surface area contributed by atoms with E-state index >= 15 is 0 Å². The monoisotopic (exact) mass is 259 g/mol. The van der Waals surface area contributed by atoms with E-state index in [1.165, 1.54) is 16.7 Å². The Labute approximate surface area is 112 Å². The molecule has 1 N–H and O–H groups in total. The lowest BCUT2D eigenvalue weighted by Gasteiger charge is -2.16. The molecule has 1 aliphatic rings. The highest BCUT2D eigenvalue weighted by Gasteiger charge is 2.21. The SMILES string of the molecule is CNC(c1ccsc1)c1ccc2c(c1)CC(C)O2. The predicted octanol–water partition coefficient (Wildman–Crippen LogP) is 3.38. The molecule has 0 spiro atoms. The van der Waals surface area contributed by atoms with Crippen molar-refractivity contribution in [3.05, 3.63) is 51.7 Å². The van der Waals surface area contributed by atoms with Crippen molar-refractivity contribution in [2.45, 2.75) is 25.5 Å². The van der Waals surface area contributed by atoms with Gasteiger partial charge in [0.1, 0.15) is 11.9 Å². The average Bonchev–Trinajstić information content (AvgIpc) is 2.97.